The summed E-state index contributed by atoms with van der Waals surface area (Å²) in [6.45, 7) is 10.3. The van der Waals surface area contributed by atoms with Crippen molar-refractivity contribution >= 4 is 17.5 Å². The Kier molecular flexibility index (Phi) is 5.97. The van der Waals surface area contributed by atoms with Gasteiger partial charge in [-0.2, -0.15) is 0 Å². The Morgan fingerprint density at radius 3 is 2.61 bits per heavy atom. The number of piperidine rings is 1. The van der Waals surface area contributed by atoms with Gasteiger partial charge in [-0.3, -0.25) is 4.79 Å². The lowest BCUT2D eigenvalue weighted by Gasteiger charge is -2.42. The molecule has 0 saturated carbocycles. The molecule has 1 saturated heterocycles. The molecule has 0 bridgehead atoms. The van der Waals surface area contributed by atoms with Crippen molar-refractivity contribution in [1.29, 1.82) is 0 Å². The van der Waals surface area contributed by atoms with E-state index in [0.29, 0.717) is 5.91 Å². The molecule has 0 spiro atoms. The van der Waals surface area contributed by atoms with Crippen molar-refractivity contribution in [1.82, 2.24) is 4.90 Å². The number of rotatable bonds is 5. The summed E-state index contributed by atoms with van der Waals surface area (Å²) >= 11 is 6.34. The van der Waals surface area contributed by atoms with E-state index in [1.807, 2.05) is 4.90 Å². The van der Waals surface area contributed by atoms with Gasteiger partial charge >= 0.3 is 0 Å². The van der Waals surface area contributed by atoms with Crippen LogP contribution in [0.2, 0.25) is 0 Å². The van der Waals surface area contributed by atoms with Crippen LogP contribution < -0.4 is 0 Å². The number of likely N-dealkylation sites (tertiary alicyclic amines) is 1. The second-order valence-electron chi connectivity index (χ2n) is 6.25. The highest BCUT2D eigenvalue weighted by Crippen LogP contribution is 2.34. The van der Waals surface area contributed by atoms with Crippen LogP contribution in [-0.2, 0) is 4.79 Å². The molecule has 106 valence electrons. The van der Waals surface area contributed by atoms with Crippen LogP contribution in [0.3, 0.4) is 0 Å². The van der Waals surface area contributed by atoms with Crippen molar-refractivity contribution in [3.63, 3.8) is 0 Å². The zero-order valence-electron chi connectivity index (χ0n) is 12.3. The molecular formula is C15H28ClNO. The highest BCUT2D eigenvalue weighted by molar-refractivity contribution is 6.21. The van der Waals surface area contributed by atoms with E-state index in [-0.39, 0.29) is 16.7 Å². The average molecular weight is 274 g/mol. The maximum atomic E-state index is 12.5. The fourth-order valence-electron chi connectivity index (χ4n) is 2.73. The number of amides is 1. The van der Waals surface area contributed by atoms with Crippen LogP contribution in [0.5, 0.6) is 0 Å². The van der Waals surface area contributed by atoms with Gasteiger partial charge in [0.2, 0.25) is 5.91 Å². The minimum absolute atomic E-state index is 0.0402. The molecule has 0 aromatic carbocycles. The molecule has 0 N–H and O–H groups in total. The first-order valence-corrected chi connectivity index (χ1v) is 7.78. The Hall–Kier alpha value is -0.240. The van der Waals surface area contributed by atoms with Gasteiger partial charge in [-0.1, -0.05) is 40.5 Å². The predicted octanol–water partition coefficient (Wildman–Crippen LogP) is 4.07. The Labute approximate surface area is 117 Å². The van der Waals surface area contributed by atoms with Crippen LogP contribution in [0.15, 0.2) is 0 Å². The highest BCUT2D eigenvalue weighted by atomic mass is 35.5. The molecule has 0 aromatic heterocycles. The minimum atomic E-state index is 0.0402. The number of unbranched alkanes of at least 4 members (excludes halogenated alkanes) is 1. The SMILES string of the molecule is CCCCC(CC)C(=O)N1CCC(Cl)C(C)(C)C1. The number of nitrogens with zero attached hydrogens (tertiary/aromatic N) is 1. The molecule has 1 amide bonds. The van der Waals surface area contributed by atoms with Gasteiger partial charge in [0, 0.05) is 24.4 Å². The Bertz CT molecular complexity index is 278. The number of hydrogen-bond donors (Lipinski definition) is 0. The first-order valence-electron chi connectivity index (χ1n) is 7.35. The lowest BCUT2D eigenvalue weighted by atomic mass is 9.82. The fourth-order valence-corrected chi connectivity index (χ4v) is 2.90. The quantitative estimate of drug-likeness (QED) is 0.692. The van der Waals surface area contributed by atoms with E-state index in [1.54, 1.807) is 0 Å². The first-order chi connectivity index (χ1) is 8.42. The largest absolute Gasteiger partial charge is 0.342 e. The molecule has 1 heterocycles. The molecule has 18 heavy (non-hydrogen) atoms. The summed E-state index contributed by atoms with van der Waals surface area (Å²) in [5.74, 6) is 0.565. The summed E-state index contributed by atoms with van der Waals surface area (Å²) in [6, 6.07) is 0. The molecule has 2 atom stereocenters. The molecule has 1 rings (SSSR count). The molecule has 3 heteroatoms. The van der Waals surface area contributed by atoms with Crippen molar-refractivity contribution in [3.05, 3.63) is 0 Å². The summed E-state index contributed by atoms with van der Waals surface area (Å²) in [4.78, 5) is 14.6. The van der Waals surface area contributed by atoms with Gasteiger partial charge in [-0.15, -0.1) is 11.6 Å². The van der Waals surface area contributed by atoms with E-state index in [0.717, 1.165) is 38.8 Å². The standard InChI is InChI=1S/C15H28ClNO/c1-5-7-8-12(6-2)14(18)17-10-9-13(16)15(3,4)11-17/h12-13H,5-11H2,1-4H3. The molecule has 0 aliphatic carbocycles. The van der Waals surface area contributed by atoms with E-state index in [2.05, 4.69) is 27.7 Å². The molecule has 2 unspecified atom stereocenters. The van der Waals surface area contributed by atoms with E-state index < -0.39 is 0 Å². The van der Waals surface area contributed by atoms with Gasteiger partial charge in [0.1, 0.15) is 0 Å². The summed E-state index contributed by atoms with van der Waals surface area (Å²) < 4.78 is 0. The van der Waals surface area contributed by atoms with Crippen LogP contribution >= 0.6 is 11.6 Å². The van der Waals surface area contributed by atoms with Gasteiger partial charge in [-0.05, 0) is 24.7 Å². The van der Waals surface area contributed by atoms with Crippen LogP contribution in [0.4, 0.5) is 0 Å². The highest BCUT2D eigenvalue weighted by Gasteiger charge is 2.37. The normalized spacial score (nSPS) is 24.9. The van der Waals surface area contributed by atoms with Crippen molar-refractivity contribution in [3.8, 4) is 0 Å². The van der Waals surface area contributed by atoms with Crippen LogP contribution in [0.25, 0.3) is 0 Å². The summed E-state index contributed by atoms with van der Waals surface area (Å²) in [7, 11) is 0. The lowest BCUT2D eigenvalue weighted by molar-refractivity contribution is -0.138. The van der Waals surface area contributed by atoms with E-state index in [1.165, 1.54) is 6.42 Å². The van der Waals surface area contributed by atoms with Crippen LogP contribution in [-0.4, -0.2) is 29.3 Å². The minimum Gasteiger partial charge on any atom is -0.342 e. The van der Waals surface area contributed by atoms with Gasteiger partial charge in [0.25, 0.3) is 0 Å². The van der Waals surface area contributed by atoms with Gasteiger partial charge in [0.15, 0.2) is 0 Å². The predicted molar refractivity (Wildman–Crippen MR) is 77.9 cm³/mol. The molecule has 1 aliphatic heterocycles. The van der Waals surface area contributed by atoms with E-state index in [4.69, 9.17) is 11.6 Å². The third-order valence-corrected chi connectivity index (χ3v) is 4.97. The summed E-state index contributed by atoms with van der Waals surface area (Å²) in [6.07, 6.45) is 5.23. The molecular weight excluding hydrogens is 246 g/mol. The van der Waals surface area contributed by atoms with E-state index >= 15 is 0 Å². The summed E-state index contributed by atoms with van der Waals surface area (Å²) in [5.41, 5.74) is 0.0402. The molecule has 1 aliphatic rings. The first kappa shape index (κ1) is 15.8. The monoisotopic (exact) mass is 273 g/mol. The third-order valence-electron chi connectivity index (χ3n) is 4.16. The summed E-state index contributed by atoms with van der Waals surface area (Å²) in [5, 5.41) is 0.192. The Morgan fingerprint density at radius 2 is 2.11 bits per heavy atom. The molecule has 0 radical (unpaired) electrons. The van der Waals surface area contributed by atoms with Crippen LogP contribution in [0, 0.1) is 11.3 Å². The van der Waals surface area contributed by atoms with Crippen LogP contribution in [0.1, 0.15) is 59.8 Å². The van der Waals surface area contributed by atoms with Crippen molar-refractivity contribution < 1.29 is 4.79 Å². The Morgan fingerprint density at radius 1 is 1.44 bits per heavy atom. The van der Waals surface area contributed by atoms with Gasteiger partial charge in [0.05, 0.1) is 0 Å². The molecule has 2 nitrogen and oxygen atoms in total. The Balaban J connectivity index is 2.60. The number of carbonyl (C=O) groups excluding carboxylic acids is 1. The van der Waals surface area contributed by atoms with Crippen molar-refractivity contribution in [2.24, 2.45) is 11.3 Å². The zero-order valence-corrected chi connectivity index (χ0v) is 13.1. The average Bonchev–Trinajstić information content (AvgIpc) is 2.33. The van der Waals surface area contributed by atoms with Gasteiger partial charge in [-0.25, -0.2) is 0 Å². The molecule has 1 fully saturated rings. The second-order valence-corrected chi connectivity index (χ2v) is 6.78. The lowest BCUT2D eigenvalue weighted by Crippen LogP contribution is -2.50. The van der Waals surface area contributed by atoms with Gasteiger partial charge < -0.3 is 4.90 Å². The topological polar surface area (TPSA) is 20.3 Å². The fraction of sp³-hybridized carbons (Fsp3) is 0.933. The zero-order chi connectivity index (χ0) is 13.8. The number of alkyl halides is 1. The van der Waals surface area contributed by atoms with Crippen molar-refractivity contribution in [2.45, 2.75) is 65.2 Å². The second kappa shape index (κ2) is 6.79. The maximum Gasteiger partial charge on any atom is 0.225 e. The molecule has 0 aromatic rings. The maximum absolute atomic E-state index is 12.5. The third kappa shape index (κ3) is 3.88. The number of hydrogen-bond acceptors (Lipinski definition) is 1. The van der Waals surface area contributed by atoms with E-state index in [9.17, 15) is 4.79 Å². The smallest absolute Gasteiger partial charge is 0.225 e. The number of carbonyl (C=O) groups is 1. The number of halogens is 1. The van der Waals surface area contributed by atoms with Crippen molar-refractivity contribution in [2.75, 3.05) is 13.1 Å².